The van der Waals surface area contributed by atoms with E-state index in [-0.39, 0.29) is 12.8 Å². The Bertz CT molecular complexity index is 223. The quantitative estimate of drug-likeness (QED) is 0.389. The standard InChI is InChI=1S/C8H10O4/c1-2-3-6-12-8(11)5-4-7(9)10/h2,6H,4-5H2,1H3,(H,9,10). The summed E-state index contributed by atoms with van der Waals surface area (Å²) < 4.78 is 4.46. The van der Waals surface area contributed by atoms with Crippen molar-refractivity contribution in [1.29, 1.82) is 0 Å². The number of carbonyl (C=O) groups excluding carboxylic acids is 1. The zero-order valence-corrected chi connectivity index (χ0v) is 6.74. The molecule has 0 radical (unpaired) electrons. The van der Waals surface area contributed by atoms with Crippen LogP contribution in [0.5, 0.6) is 0 Å². The van der Waals surface area contributed by atoms with Gasteiger partial charge in [0.25, 0.3) is 0 Å². The lowest BCUT2D eigenvalue weighted by Gasteiger charge is -1.93. The molecule has 0 saturated heterocycles. The molecule has 0 rings (SSSR count). The van der Waals surface area contributed by atoms with Gasteiger partial charge in [0.1, 0.15) is 6.26 Å². The second-order valence-corrected chi connectivity index (χ2v) is 1.96. The minimum absolute atomic E-state index is 0.114. The Labute approximate surface area is 70.1 Å². The molecule has 0 aromatic heterocycles. The van der Waals surface area contributed by atoms with Crippen molar-refractivity contribution in [3.63, 3.8) is 0 Å². The Hall–Kier alpha value is -1.54. The van der Waals surface area contributed by atoms with E-state index in [0.29, 0.717) is 0 Å². The van der Waals surface area contributed by atoms with Gasteiger partial charge in [-0.2, -0.15) is 0 Å². The maximum Gasteiger partial charge on any atom is 0.311 e. The van der Waals surface area contributed by atoms with E-state index in [2.05, 4.69) is 10.5 Å². The van der Waals surface area contributed by atoms with Crippen LogP contribution in [-0.4, -0.2) is 17.0 Å². The monoisotopic (exact) mass is 170 g/mol. The third-order valence-electron chi connectivity index (χ3n) is 0.968. The number of allylic oxidation sites excluding steroid dienone is 1. The lowest BCUT2D eigenvalue weighted by Crippen LogP contribution is -2.03. The van der Waals surface area contributed by atoms with Gasteiger partial charge in [-0.25, -0.2) is 0 Å². The summed E-state index contributed by atoms with van der Waals surface area (Å²) in [7, 11) is 0. The second kappa shape index (κ2) is 6.19. The summed E-state index contributed by atoms with van der Waals surface area (Å²) in [6.07, 6.45) is 2.36. The molecular formula is C8H10O4. The van der Waals surface area contributed by atoms with Crippen molar-refractivity contribution in [2.75, 3.05) is 0 Å². The van der Waals surface area contributed by atoms with Gasteiger partial charge >= 0.3 is 11.9 Å². The second-order valence-electron chi connectivity index (χ2n) is 1.96. The van der Waals surface area contributed by atoms with Crippen LogP contribution in [0.25, 0.3) is 0 Å². The number of hydrogen-bond donors (Lipinski definition) is 1. The number of ether oxygens (including phenoxy) is 1. The molecule has 0 unspecified atom stereocenters. The average molecular weight is 170 g/mol. The number of carbonyl (C=O) groups is 2. The van der Waals surface area contributed by atoms with Crippen LogP contribution in [-0.2, 0) is 14.3 Å². The molecule has 12 heavy (non-hydrogen) atoms. The smallest absolute Gasteiger partial charge is 0.311 e. The first-order valence-electron chi connectivity index (χ1n) is 3.43. The molecule has 0 bridgehead atoms. The van der Waals surface area contributed by atoms with E-state index in [1.165, 1.54) is 0 Å². The molecule has 1 N–H and O–H groups in total. The van der Waals surface area contributed by atoms with E-state index in [4.69, 9.17) is 5.11 Å². The Balaban J connectivity index is 3.60. The Morgan fingerprint density at radius 2 is 2.17 bits per heavy atom. The van der Waals surface area contributed by atoms with Crippen molar-refractivity contribution in [1.82, 2.24) is 0 Å². The van der Waals surface area contributed by atoms with Crippen LogP contribution in [0.1, 0.15) is 19.8 Å². The predicted molar refractivity (Wildman–Crippen MR) is 41.3 cm³/mol. The number of carboxylic acid groups (broad SMARTS) is 1. The average Bonchev–Trinajstić information content (AvgIpc) is 2.01. The molecule has 4 nitrogen and oxygen atoms in total. The lowest BCUT2D eigenvalue weighted by molar-refractivity contribution is -0.144. The summed E-state index contributed by atoms with van der Waals surface area (Å²) in [6.45, 7) is 1.72. The number of aliphatic carboxylic acids is 1. The molecule has 4 heteroatoms. The molecule has 0 saturated carbocycles. The van der Waals surface area contributed by atoms with Gasteiger partial charge < -0.3 is 9.84 Å². The minimum Gasteiger partial charge on any atom is -0.481 e. The summed E-state index contributed by atoms with van der Waals surface area (Å²) in [5, 5.41) is 8.19. The van der Waals surface area contributed by atoms with Gasteiger partial charge in [-0.3, -0.25) is 9.59 Å². The van der Waals surface area contributed by atoms with Crippen molar-refractivity contribution >= 4 is 11.9 Å². The van der Waals surface area contributed by atoms with Crippen LogP contribution >= 0.6 is 0 Å². The van der Waals surface area contributed by atoms with Crippen LogP contribution in [0, 0.1) is 0 Å². The van der Waals surface area contributed by atoms with Gasteiger partial charge in [-0.1, -0.05) is 5.73 Å². The maximum absolute atomic E-state index is 10.7. The fourth-order valence-electron chi connectivity index (χ4n) is 0.436. The topological polar surface area (TPSA) is 63.6 Å². The van der Waals surface area contributed by atoms with Crippen LogP contribution < -0.4 is 0 Å². The van der Waals surface area contributed by atoms with Gasteiger partial charge in [0, 0.05) is 0 Å². The number of rotatable bonds is 4. The highest BCUT2D eigenvalue weighted by atomic mass is 16.5. The van der Waals surface area contributed by atoms with E-state index >= 15 is 0 Å². The van der Waals surface area contributed by atoms with Crippen molar-refractivity contribution in [3.8, 4) is 0 Å². The molecule has 0 aliphatic rings. The first-order chi connectivity index (χ1) is 5.66. The van der Waals surface area contributed by atoms with E-state index in [1.54, 1.807) is 13.0 Å². The summed E-state index contributed by atoms with van der Waals surface area (Å²) in [5.74, 6) is -1.58. The highest BCUT2D eigenvalue weighted by Gasteiger charge is 2.04. The van der Waals surface area contributed by atoms with E-state index in [0.717, 1.165) is 6.26 Å². The molecule has 66 valence electrons. The third kappa shape index (κ3) is 6.58. The first-order valence-corrected chi connectivity index (χ1v) is 3.43. The molecule has 0 spiro atoms. The summed E-state index contributed by atoms with van der Waals surface area (Å²) in [6, 6.07) is 0. The highest BCUT2D eigenvalue weighted by Crippen LogP contribution is 1.92. The van der Waals surface area contributed by atoms with Crippen molar-refractivity contribution in [2.45, 2.75) is 19.8 Å². The minimum atomic E-state index is -1.01. The molecule has 0 heterocycles. The fourth-order valence-corrected chi connectivity index (χ4v) is 0.436. The molecule has 0 aliphatic carbocycles. The molecule has 0 atom stereocenters. The zero-order chi connectivity index (χ0) is 9.40. The Kier molecular flexibility index (Phi) is 5.39. The number of esters is 1. The zero-order valence-electron chi connectivity index (χ0n) is 6.74. The van der Waals surface area contributed by atoms with Crippen molar-refractivity contribution < 1.29 is 19.4 Å². The molecule has 0 fully saturated rings. The highest BCUT2D eigenvalue weighted by molar-refractivity contribution is 5.76. The van der Waals surface area contributed by atoms with Crippen molar-refractivity contribution in [3.05, 3.63) is 18.1 Å². The summed E-state index contributed by atoms with van der Waals surface area (Å²) in [5.41, 5.74) is 2.53. The van der Waals surface area contributed by atoms with Gasteiger partial charge in [0.15, 0.2) is 0 Å². The third-order valence-corrected chi connectivity index (χ3v) is 0.968. The van der Waals surface area contributed by atoms with Crippen LogP contribution in [0.3, 0.4) is 0 Å². The summed E-state index contributed by atoms with van der Waals surface area (Å²) in [4.78, 5) is 20.6. The van der Waals surface area contributed by atoms with E-state index in [9.17, 15) is 9.59 Å². The Morgan fingerprint density at radius 3 is 2.67 bits per heavy atom. The van der Waals surface area contributed by atoms with E-state index < -0.39 is 11.9 Å². The van der Waals surface area contributed by atoms with Crippen LogP contribution in [0.15, 0.2) is 18.1 Å². The largest absolute Gasteiger partial charge is 0.481 e. The normalized spacial score (nSPS) is 8.08. The molecule has 0 aliphatic heterocycles. The van der Waals surface area contributed by atoms with Gasteiger partial charge in [0.2, 0.25) is 0 Å². The lowest BCUT2D eigenvalue weighted by atomic mass is 10.3. The van der Waals surface area contributed by atoms with Gasteiger partial charge in [-0.15, -0.1) is 0 Å². The van der Waals surface area contributed by atoms with Crippen molar-refractivity contribution in [2.24, 2.45) is 0 Å². The molecule has 0 aromatic carbocycles. The van der Waals surface area contributed by atoms with Crippen LogP contribution in [0.4, 0.5) is 0 Å². The SMILES string of the molecule is CC=C=COC(=O)CCC(=O)O. The van der Waals surface area contributed by atoms with Gasteiger partial charge in [-0.05, 0) is 13.0 Å². The Morgan fingerprint density at radius 1 is 1.50 bits per heavy atom. The maximum atomic E-state index is 10.7. The van der Waals surface area contributed by atoms with E-state index in [1.807, 2.05) is 0 Å². The fraction of sp³-hybridized carbons (Fsp3) is 0.375. The molecule has 0 amide bonds. The molecular weight excluding hydrogens is 160 g/mol. The number of carboxylic acids is 1. The van der Waals surface area contributed by atoms with Gasteiger partial charge in [0.05, 0.1) is 12.8 Å². The number of hydrogen-bond acceptors (Lipinski definition) is 3. The summed E-state index contributed by atoms with van der Waals surface area (Å²) >= 11 is 0. The van der Waals surface area contributed by atoms with Crippen LogP contribution in [0.2, 0.25) is 0 Å². The first kappa shape index (κ1) is 10.5. The predicted octanol–water partition coefficient (Wildman–Crippen LogP) is 1.08. The molecule has 0 aromatic rings.